The molecular weight excluding hydrogens is 330 g/mol. The lowest BCUT2D eigenvalue weighted by molar-refractivity contribution is -0.116. The third-order valence-electron chi connectivity index (χ3n) is 4.25. The topological polar surface area (TPSA) is 65.5 Å². The number of anilines is 1. The van der Waals surface area contributed by atoms with Gasteiger partial charge in [-0.3, -0.25) is 4.79 Å². The molecule has 3 rings (SSSR count). The van der Waals surface area contributed by atoms with Gasteiger partial charge < -0.3 is 15.3 Å². The van der Waals surface area contributed by atoms with Crippen molar-refractivity contribution in [1.82, 2.24) is 9.88 Å². The minimum atomic E-state index is -0.342. The fourth-order valence-electron chi connectivity index (χ4n) is 2.91. The molecule has 1 saturated heterocycles. The van der Waals surface area contributed by atoms with Crippen LogP contribution in [0.4, 0.5) is 5.13 Å². The second kappa shape index (κ2) is 8.01. The molecule has 2 aromatic heterocycles. The molecule has 1 amide bonds. The number of aliphatic hydroxyl groups excluding tert-OH is 1. The first-order valence-corrected chi connectivity index (χ1v) is 9.61. The Morgan fingerprint density at radius 1 is 1.39 bits per heavy atom. The first kappa shape index (κ1) is 16.6. The molecule has 1 fully saturated rings. The SMILES string of the molecule is O=C(CCN1CCC([C@H](O)c2cccs2)CC1)Nc1nccs1. The minimum Gasteiger partial charge on any atom is -0.387 e. The number of nitrogens with one attached hydrogen (secondary N) is 1. The van der Waals surface area contributed by atoms with Crippen LogP contribution in [0.5, 0.6) is 0 Å². The molecule has 7 heteroatoms. The highest BCUT2D eigenvalue weighted by Crippen LogP contribution is 2.32. The highest BCUT2D eigenvalue weighted by atomic mass is 32.1. The van der Waals surface area contributed by atoms with Gasteiger partial charge in [-0.05, 0) is 43.3 Å². The predicted octanol–water partition coefficient (Wildman–Crippen LogP) is 2.98. The zero-order valence-electron chi connectivity index (χ0n) is 12.9. The van der Waals surface area contributed by atoms with Crippen LogP contribution in [-0.4, -0.2) is 40.5 Å². The van der Waals surface area contributed by atoms with Gasteiger partial charge in [-0.15, -0.1) is 22.7 Å². The zero-order valence-corrected chi connectivity index (χ0v) is 14.5. The van der Waals surface area contributed by atoms with Gasteiger partial charge in [0, 0.05) is 29.4 Å². The van der Waals surface area contributed by atoms with Gasteiger partial charge >= 0.3 is 0 Å². The van der Waals surface area contributed by atoms with Crippen molar-refractivity contribution < 1.29 is 9.90 Å². The Hall–Kier alpha value is -1.28. The molecular formula is C16H21N3O2S2. The number of rotatable bonds is 6. The standard InChI is InChI=1S/C16H21N3O2S2/c20-14(18-16-17-6-11-23-16)5-9-19-7-3-12(4-8-19)15(21)13-2-1-10-22-13/h1-2,6,10-12,15,21H,3-5,7-9H2,(H,17,18,20)/t15-/m0/s1. The monoisotopic (exact) mass is 351 g/mol. The minimum absolute atomic E-state index is 0.0145. The Labute approximate surface area is 144 Å². The number of carbonyl (C=O) groups excluding carboxylic acids is 1. The van der Waals surface area contributed by atoms with Gasteiger partial charge in [0.05, 0.1) is 6.10 Å². The van der Waals surface area contributed by atoms with E-state index in [1.807, 2.05) is 22.9 Å². The fraction of sp³-hybridized carbons (Fsp3) is 0.500. The summed E-state index contributed by atoms with van der Waals surface area (Å²) in [5.41, 5.74) is 0. The molecule has 1 aliphatic heterocycles. The number of thiazole rings is 1. The van der Waals surface area contributed by atoms with E-state index in [2.05, 4.69) is 15.2 Å². The van der Waals surface area contributed by atoms with Crippen molar-refractivity contribution in [3.05, 3.63) is 34.0 Å². The quantitative estimate of drug-likeness (QED) is 0.840. The van der Waals surface area contributed by atoms with E-state index < -0.39 is 0 Å². The van der Waals surface area contributed by atoms with E-state index in [4.69, 9.17) is 0 Å². The number of hydrogen-bond acceptors (Lipinski definition) is 6. The van der Waals surface area contributed by atoms with Gasteiger partial charge in [-0.2, -0.15) is 0 Å². The molecule has 0 unspecified atom stereocenters. The first-order valence-electron chi connectivity index (χ1n) is 7.85. The van der Waals surface area contributed by atoms with E-state index in [1.54, 1.807) is 17.5 Å². The number of hydrogen-bond donors (Lipinski definition) is 2. The number of likely N-dealkylation sites (tertiary alicyclic amines) is 1. The number of thiophene rings is 1. The maximum Gasteiger partial charge on any atom is 0.227 e. The first-order chi connectivity index (χ1) is 11.2. The number of nitrogens with zero attached hydrogens (tertiary/aromatic N) is 2. The number of amides is 1. The number of carbonyl (C=O) groups is 1. The lowest BCUT2D eigenvalue weighted by Crippen LogP contribution is -2.37. The van der Waals surface area contributed by atoms with Crippen molar-refractivity contribution in [1.29, 1.82) is 0 Å². The van der Waals surface area contributed by atoms with Crippen LogP contribution in [0, 0.1) is 5.92 Å². The maximum atomic E-state index is 11.9. The van der Waals surface area contributed by atoms with Gasteiger partial charge in [0.15, 0.2) is 5.13 Å². The third kappa shape index (κ3) is 4.60. The Kier molecular flexibility index (Phi) is 5.77. The molecule has 3 heterocycles. The molecule has 0 bridgehead atoms. The molecule has 0 radical (unpaired) electrons. The van der Waals surface area contributed by atoms with Crippen LogP contribution in [0.1, 0.15) is 30.2 Å². The fourth-order valence-corrected chi connectivity index (χ4v) is 4.26. The summed E-state index contributed by atoms with van der Waals surface area (Å²) in [5.74, 6) is 0.342. The van der Waals surface area contributed by atoms with Crippen molar-refractivity contribution in [2.45, 2.75) is 25.4 Å². The van der Waals surface area contributed by atoms with Gasteiger partial charge in [-0.25, -0.2) is 4.98 Å². The average molecular weight is 351 g/mol. The maximum absolute atomic E-state index is 11.9. The van der Waals surface area contributed by atoms with E-state index in [0.717, 1.165) is 37.4 Å². The highest BCUT2D eigenvalue weighted by molar-refractivity contribution is 7.13. The van der Waals surface area contributed by atoms with Crippen LogP contribution in [0.2, 0.25) is 0 Å². The number of aliphatic hydroxyl groups is 1. The van der Waals surface area contributed by atoms with E-state index >= 15 is 0 Å². The molecule has 124 valence electrons. The van der Waals surface area contributed by atoms with E-state index in [-0.39, 0.29) is 12.0 Å². The second-order valence-corrected chi connectivity index (χ2v) is 7.65. The molecule has 1 aliphatic rings. The summed E-state index contributed by atoms with van der Waals surface area (Å²) >= 11 is 3.05. The molecule has 0 aromatic carbocycles. The molecule has 2 N–H and O–H groups in total. The van der Waals surface area contributed by atoms with Crippen molar-refractivity contribution in [3.8, 4) is 0 Å². The summed E-state index contributed by atoms with van der Waals surface area (Å²) in [6, 6.07) is 3.99. The van der Waals surface area contributed by atoms with Crippen molar-refractivity contribution in [2.75, 3.05) is 25.0 Å². The van der Waals surface area contributed by atoms with Gasteiger partial charge in [0.2, 0.25) is 5.91 Å². The predicted molar refractivity (Wildman–Crippen MR) is 93.8 cm³/mol. The summed E-state index contributed by atoms with van der Waals surface area (Å²) in [6.45, 7) is 2.65. The zero-order chi connectivity index (χ0) is 16.1. The van der Waals surface area contributed by atoms with E-state index in [0.29, 0.717) is 17.5 Å². The molecule has 0 spiro atoms. The highest BCUT2D eigenvalue weighted by Gasteiger charge is 2.26. The van der Waals surface area contributed by atoms with Crippen LogP contribution in [-0.2, 0) is 4.79 Å². The Morgan fingerprint density at radius 2 is 2.22 bits per heavy atom. The number of aromatic nitrogens is 1. The van der Waals surface area contributed by atoms with Crippen molar-refractivity contribution in [3.63, 3.8) is 0 Å². The van der Waals surface area contributed by atoms with Gasteiger partial charge in [0.25, 0.3) is 0 Å². The van der Waals surface area contributed by atoms with Gasteiger partial charge in [-0.1, -0.05) is 6.07 Å². The molecule has 1 atom stereocenters. The third-order valence-corrected chi connectivity index (χ3v) is 5.88. The molecule has 0 aliphatic carbocycles. The largest absolute Gasteiger partial charge is 0.387 e. The van der Waals surface area contributed by atoms with Crippen LogP contribution < -0.4 is 5.32 Å². The van der Waals surface area contributed by atoms with E-state index in [9.17, 15) is 9.90 Å². The Bertz CT molecular complexity index is 593. The summed E-state index contributed by atoms with van der Waals surface area (Å²) in [4.78, 5) is 19.3. The van der Waals surface area contributed by atoms with Crippen LogP contribution in [0.25, 0.3) is 0 Å². The normalized spacial score (nSPS) is 18.0. The molecule has 5 nitrogen and oxygen atoms in total. The van der Waals surface area contributed by atoms with Gasteiger partial charge in [0.1, 0.15) is 0 Å². The lowest BCUT2D eigenvalue weighted by atomic mass is 9.90. The lowest BCUT2D eigenvalue weighted by Gasteiger charge is -2.33. The van der Waals surface area contributed by atoms with Crippen LogP contribution in [0.15, 0.2) is 29.1 Å². The second-order valence-electron chi connectivity index (χ2n) is 5.77. The Morgan fingerprint density at radius 3 is 2.87 bits per heavy atom. The van der Waals surface area contributed by atoms with Crippen LogP contribution in [0.3, 0.4) is 0 Å². The summed E-state index contributed by atoms with van der Waals surface area (Å²) in [5, 5.41) is 17.7. The summed E-state index contributed by atoms with van der Waals surface area (Å²) in [6.07, 6.45) is 3.78. The number of piperidine rings is 1. The molecule has 2 aromatic rings. The van der Waals surface area contributed by atoms with Crippen LogP contribution >= 0.6 is 22.7 Å². The Balaban J connectivity index is 1.38. The average Bonchev–Trinajstić information content (AvgIpc) is 3.26. The molecule has 0 saturated carbocycles. The van der Waals surface area contributed by atoms with E-state index in [1.165, 1.54) is 11.3 Å². The summed E-state index contributed by atoms with van der Waals surface area (Å²) < 4.78 is 0. The molecule has 23 heavy (non-hydrogen) atoms. The smallest absolute Gasteiger partial charge is 0.227 e. The van der Waals surface area contributed by atoms with Crippen molar-refractivity contribution >= 4 is 33.7 Å². The van der Waals surface area contributed by atoms with Crippen molar-refractivity contribution in [2.24, 2.45) is 5.92 Å². The summed E-state index contributed by atoms with van der Waals surface area (Å²) in [7, 11) is 0.